The lowest BCUT2D eigenvalue weighted by Crippen LogP contribution is -2.27. The van der Waals surface area contributed by atoms with Gasteiger partial charge in [-0.05, 0) is 72.6 Å². The predicted molar refractivity (Wildman–Crippen MR) is 184 cm³/mol. The molecule has 2 atom stereocenters. The number of rotatable bonds is 9. The summed E-state index contributed by atoms with van der Waals surface area (Å²) in [4.78, 5) is 18.8. The highest BCUT2D eigenvalue weighted by Gasteiger charge is 2.42. The molecule has 1 N–H and O–H groups in total. The lowest BCUT2D eigenvalue weighted by Gasteiger charge is -2.29. The van der Waals surface area contributed by atoms with Crippen LogP contribution in [0.2, 0.25) is 0 Å². The molecule has 1 aliphatic carbocycles. The Balaban J connectivity index is 1.25. The van der Waals surface area contributed by atoms with Gasteiger partial charge in [-0.15, -0.1) is 0 Å². The van der Waals surface area contributed by atoms with Crippen LogP contribution in [-0.2, 0) is 6.42 Å². The molecule has 2 aromatic heterocycles. The smallest absolute Gasteiger partial charge is 0.345 e. The number of hydrogen-bond acceptors (Lipinski definition) is 7. The molecule has 0 spiro atoms. The molecule has 7 rings (SSSR count). The SMILES string of the molecule is CCCCCCc1cc2cc(-c3cnc(N4N=C5/C(=C/c6ccccc6)CCC[C@H]5[C@@H]4c4ccccc4)s3)c(=O)oc2cc1O. The maximum atomic E-state index is 13.2. The fourth-order valence-electron chi connectivity index (χ4n) is 6.70. The van der Waals surface area contributed by atoms with Gasteiger partial charge >= 0.3 is 5.63 Å². The highest BCUT2D eigenvalue weighted by molar-refractivity contribution is 7.18. The van der Waals surface area contributed by atoms with E-state index >= 15 is 0 Å². The first-order chi connectivity index (χ1) is 22.1. The molecular weight excluding hydrogens is 579 g/mol. The van der Waals surface area contributed by atoms with Gasteiger partial charge < -0.3 is 9.52 Å². The topological polar surface area (TPSA) is 78.9 Å². The van der Waals surface area contributed by atoms with Crippen LogP contribution in [0.3, 0.4) is 0 Å². The Morgan fingerprint density at radius 1 is 1.02 bits per heavy atom. The van der Waals surface area contributed by atoms with Crippen molar-refractivity contribution in [2.24, 2.45) is 11.0 Å². The minimum absolute atomic E-state index is 0.0194. The molecule has 5 aromatic rings. The Bertz CT molecular complexity index is 1930. The van der Waals surface area contributed by atoms with Gasteiger partial charge in [-0.3, -0.25) is 0 Å². The molecule has 1 fully saturated rings. The van der Waals surface area contributed by atoms with Crippen LogP contribution >= 0.6 is 11.3 Å². The summed E-state index contributed by atoms with van der Waals surface area (Å²) in [5.41, 5.74) is 6.09. The van der Waals surface area contributed by atoms with Crippen LogP contribution in [0.4, 0.5) is 5.13 Å². The third-order valence-corrected chi connectivity index (χ3v) is 9.99. The van der Waals surface area contributed by atoms with Crippen LogP contribution in [0.5, 0.6) is 5.75 Å². The summed E-state index contributed by atoms with van der Waals surface area (Å²) in [5.74, 6) is 0.426. The molecule has 7 heteroatoms. The quantitative estimate of drug-likeness (QED) is 0.132. The van der Waals surface area contributed by atoms with E-state index in [-0.39, 0.29) is 17.7 Å². The van der Waals surface area contributed by atoms with E-state index in [0.717, 1.165) is 71.6 Å². The number of phenolic OH excluding ortho intramolecular Hbond substituents is 1. The van der Waals surface area contributed by atoms with E-state index in [0.29, 0.717) is 11.1 Å². The first kappa shape index (κ1) is 29.2. The van der Waals surface area contributed by atoms with Gasteiger partial charge in [0.1, 0.15) is 11.3 Å². The van der Waals surface area contributed by atoms with Crippen LogP contribution < -0.4 is 10.6 Å². The Morgan fingerprint density at radius 3 is 2.62 bits per heavy atom. The molecule has 2 aliphatic rings. The number of hydrazone groups is 1. The second-order valence-corrected chi connectivity index (χ2v) is 13.1. The number of aromatic nitrogens is 1. The zero-order valence-electron chi connectivity index (χ0n) is 25.5. The van der Waals surface area contributed by atoms with E-state index in [1.807, 2.05) is 24.3 Å². The van der Waals surface area contributed by atoms with Crippen molar-refractivity contribution < 1.29 is 9.52 Å². The van der Waals surface area contributed by atoms with Crippen molar-refractivity contribution in [3.8, 4) is 16.2 Å². The number of unbranched alkanes of at least 4 members (excludes halogenated alkanes) is 3. The minimum atomic E-state index is -0.443. The summed E-state index contributed by atoms with van der Waals surface area (Å²) in [6.45, 7) is 2.19. The van der Waals surface area contributed by atoms with Gasteiger partial charge in [-0.1, -0.05) is 98.2 Å². The van der Waals surface area contributed by atoms with Crippen LogP contribution in [0.25, 0.3) is 27.5 Å². The predicted octanol–water partition coefficient (Wildman–Crippen LogP) is 9.55. The lowest BCUT2D eigenvalue weighted by molar-refractivity contribution is 0.464. The molecule has 0 amide bonds. The molecule has 228 valence electrons. The number of fused-ring (bicyclic) bond motifs is 2. The second-order valence-electron chi connectivity index (χ2n) is 12.0. The monoisotopic (exact) mass is 615 g/mol. The number of aromatic hydroxyl groups is 1. The number of hydrogen-bond donors (Lipinski definition) is 1. The van der Waals surface area contributed by atoms with Gasteiger partial charge in [0.25, 0.3) is 0 Å². The summed E-state index contributed by atoms with van der Waals surface area (Å²) in [6, 6.07) is 26.4. The van der Waals surface area contributed by atoms with Crippen LogP contribution in [-0.4, -0.2) is 15.8 Å². The van der Waals surface area contributed by atoms with Crippen molar-refractivity contribution in [3.63, 3.8) is 0 Å². The number of phenols is 1. The number of nitrogens with zero attached hydrogens (tertiary/aromatic N) is 3. The van der Waals surface area contributed by atoms with Crippen molar-refractivity contribution in [2.45, 2.75) is 64.3 Å². The van der Waals surface area contributed by atoms with E-state index in [1.54, 1.807) is 12.3 Å². The average Bonchev–Trinajstić information content (AvgIpc) is 3.70. The third kappa shape index (κ3) is 5.97. The van der Waals surface area contributed by atoms with E-state index in [4.69, 9.17) is 14.5 Å². The Labute approximate surface area is 267 Å². The number of aryl methyl sites for hydroxylation is 1. The molecule has 1 aliphatic heterocycles. The number of allylic oxidation sites excluding steroid dienone is 1. The Morgan fingerprint density at radius 2 is 1.82 bits per heavy atom. The van der Waals surface area contributed by atoms with Crippen molar-refractivity contribution in [1.82, 2.24) is 4.98 Å². The van der Waals surface area contributed by atoms with Gasteiger partial charge in [0, 0.05) is 23.6 Å². The molecule has 3 heterocycles. The maximum absolute atomic E-state index is 13.2. The molecule has 3 aromatic carbocycles. The van der Waals surface area contributed by atoms with Crippen LogP contribution in [0.15, 0.2) is 105 Å². The minimum Gasteiger partial charge on any atom is -0.508 e. The highest BCUT2D eigenvalue weighted by Crippen LogP contribution is 2.47. The van der Waals surface area contributed by atoms with Gasteiger partial charge in [0.2, 0.25) is 5.13 Å². The normalized spacial score (nSPS) is 18.8. The Hall–Kier alpha value is -4.49. The van der Waals surface area contributed by atoms with Crippen molar-refractivity contribution in [2.75, 3.05) is 5.01 Å². The number of anilines is 1. The fraction of sp³-hybridized carbons (Fsp3) is 0.289. The standard InChI is InChI=1S/C38H37N3O3S/c1-2-3-4-9-17-27-21-29-22-31(37(43)44-33(29)23-32(27)42)34-24-39-38(45-34)41-36(26-15-10-6-11-16-26)30-19-12-18-28(35(30)40-41)20-25-13-7-5-8-14-25/h5-8,10-11,13-16,20-24,30,36,42H,2-4,9,12,17-19H2,1H3/b28-20+/t30-,36+/m1/s1. The summed E-state index contributed by atoms with van der Waals surface area (Å²) < 4.78 is 5.71. The number of benzene rings is 3. The summed E-state index contributed by atoms with van der Waals surface area (Å²) in [6.07, 6.45) is 12.5. The van der Waals surface area contributed by atoms with Crippen LogP contribution in [0.1, 0.15) is 74.6 Å². The van der Waals surface area contributed by atoms with Crippen LogP contribution in [0, 0.1) is 5.92 Å². The van der Waals surface area contributed by atoms with Gasteiger partial charge in [0.05, 0.1) is 22.2 Å². The second kappa shape index (κ2) is 12.9. The molecule has 6 nitrogen and oxygen atoms in total. The molecule has 45 heavy (non-hydrogen) atoms. The largest absolute Gasteiger partial charge is 0.508 e. The van der Waals surface area contributed by atoms with E-state index in [2.05, 4.69) is 66.5 Å². The summed E-state index contributed by atoms with van der Waals surface area (Å²) >= 11 is 1.46. The Kier molecular flexibility index (Phi) is 8.35. The molecule has 0 unspecified atom stereocenters. The molecule has 1 saturated carbocycles. The third-order valence-electron chi connectivity index (χ3n) is 8.97. The summed E-state index contributed by atoms with van der Waals surface area (Å²) in [5, 5.41) is 19.5. The van der Waals surface area contributed by atoms with E-state index < -0.39 is 5.63 Å². The molecule has 0 saturated heterocycles. The van der Waals surface area contributed by atoms with Gasteiger partial charge in [-0.25, -0.2) is 14.8 Å². The number of thiazole rings is 1. The van der Waals surface area contributed by atoms with Gasteiger partial charge in [0.15, 0.2) is 0 Å². The zero-order chi connectivity index (χ0) is 30.8. The maximum Gasteiger partial charge on any atom is 0.345 e. The zero-order valence-corrected chi connectivity index (χ0v) is 26.3. The first-order valence-corrected chi connectivity index (χ1v) is 16.9. The van der Waals surface area contributed by atoms with E-state index in [9.17, 15) is 9.90 Å². The lowest BCUT2D eigenvalue weighted by atomic mass is 9.77. The van der Waals surface area contributed by atoms with Crippen molar-refractivity contribution >= 4 is 39.2 Å². The molecule has 0 radical (unpaired) electrons. The first-order valence-electron chi connectivity index (χ1n) is 16.0. The molecular formula is C38H37N3O3S. The summed E-state index contributed by atoms with van der Waals surface area (Å²) in [7, 11) is 0. The van der Waals surface area contributed by atoms with Crippen molar-refractivity contribution in [3.05, 3.63) is 118 Å². The fourth-order valence-corrected chi connectivity index (χ4v) is 7.61. The van der Waals surface area contributed by atoms with Gasteiger partial charge in [-0.2, -0.15) is 5.10 Å². The highest BCUT2D eigenvalue weighted by atomic mass is 32.1. The molecule has 0 bridgehead atoms. The van der Waals surface area contributed by atoms with Crippen molar-refractivity contribution in [1.29, 1.82) is 0 Å². The van der Waals surface area contributed by atoms with E-state index in [1.165, 1.54) is 34.5 Å². The average molecular weight is 616 g/mol.